The van der Waals surface area contributed by atoms with Gasteiger partial charge in [-0.2, -0.15) is 0 Å². The molecule has 0 amide bonds. The van der Waals surface area contributed by atoms with E-state index in [2.05, 4.69) is 32.7 Å². The lowest BCUT2D eigenvalue weighted by Crippen LogP contribution is -2.44. The molecule has 0 spiro atoms. The maximum atomic E-state index is 9.76. The van der Waals surface area contributed by atoms with E-state index in [1.165, 1.54) is 0 Å². The van der Waals surface area contributed by atoms with Crippen LogP contribution in [0.3, 0.4) is 0 Å². The molecular formula is C11H26N2O. The van der Waals surface area contributed by atoms with Crippen LogP contribution in [0.15, 0.2) is 0 Å². The summed E-state index contributed by atoms with van der Waals surface area (Å²) >= 11 is 0. The van der Waals surface area contributed by atoms with Gasteiger partial charge in [0.1, 0.15) is 0 Å². The standard InChI is InChI=1S/C11H26N2O/c1-6-10(2,3)13(5)8-7-11(4,14)9-12/h14H,6-9,12H2,1-5H3. The normalized spacial score (nSPS) is 17.1. The van der Waals surface area contributed by atoms with Crippen LogP contribution in [0, 0.1) is 0 Å². The van der Waals surface area contributed by atoms with Crippen molar-refractivity contribution in [3.05, 3.63) is 0 Å². The van der Waals surface area contributed by atoms with E-state index in [0.717, 1.165) is 19.4 Å². The van der Waals surface area contributed by atoms with Crippen LogP contribution >= 0.6 is 0 Å². The van der Waals surface area contributed by atoms with Crippen molar-refractivity contribution < 1.29 is 5.11 Å². The molecule has 0 aromatic heterocycles. The lowest BCUT2D eigenvalue weighted by atomic mass is 9.97. The average molecular weight is 202 g/mol. The van der Waals surface area contributed by atoms with Gasteiger partial charge in [0, 0.05) is 18.6 Å². The lowest BCUT2D eigenvalue weighted by molar-refractivity contribution is 0.0364. The molecule has 0 aliphatic heterocycles. The maximum absolute atomic E-state index is 9.76. The smallest absolute Gasteiger partial charge is 0.0753 e. The van der Waals surface area contributed by atoms with E-state index in [9.17, 15) is 5.11 Å². The third kappa shape index (κ3) is 4.40. The van der Waals surface area contributed by atoms with E-state index in [1.54, 1.807) is 6.92 Å². The summed E-state index contributed by atoms with van der Waals surface area (Å²) in [6, 6.07) is 0. The first kappa shape index (κ1) is 13.9. The van der Waals surface area contributed by atoms with Crippen LogP contribution in [0.4, 0.5) is 0 Å². The fraction of sp³-hybridized carbons (Fsp3) is 1.00. The second-order valence-electron chi connectivity index (χ2n) is 5.04. The lowest BCUT2D eigenvalue weighted by Gasteiger charge is -2.36. The van der Waals surface area contributed by atoms with E-state index >= 15 is 0 Å². The zero-order chi connectivity index (χ0) is 11.4. The predicted molar refractivity (Wildman–Crippen MR) is 61.3 cm³/mol. The first-order valence-corrected chi connectivity index (χ1v) is 5.39. The molecule has 0 saturated heterocycles. The first-order valence-electron chi connectivity index (χ1n) is 5.39. The Morgan fingerprint density at radius 3 is 2.14 bits per heavy atom. The van der Waals surface area contributed by atoms with Crippen LogP contribution in [-0.4, -0.2) is 41.3 Å². The summed E-state index contributed by atoms with van der Waals surface area (Å²) in [6.07, 6.45) is 1.83. The minimum Gasteiger partial charge on any atom is -0.389 e. The van der Waals surface area contributed by atoms with Gasteiger partial charge in [-0.3, -0.25) is 0 Å². The molecule has 1 unspecified atom stereocenters. The van der Waals surface area contributed by atoms with Gasteiger partial charge in [-0.25, -0.2) is 0 Å². The van der Waals surface area contributed by atoms with Crippen molar-refractivity contribution in [2.24, 2.45) is 5.73 Å². The highest BCUT2D eigenvalue weighted by Gasteiger charge is 2.24. The minimum absolute atomic E-state index is 0.199. The molecule has 3 nitrogen and oxygen atoms in total. The third-order valence-corrected chi connectivity index (χ3v) is 3.32. The van der Waals surface area contributed by atoms with Gasteiger partial charge in [0.05, 0.1) is 5.60 Å². The Hall–Kier alpha value is -0.120. The molecule has 0 aromatic carbocycles. The Bertz CT molecular complexity index is 167. The largest absolute Gasteiger partial charge is 0.389 e. The minimum atomic E-state index is -0.724. The van der Waals surface area contributed by atoms with Gasteiger partial charge in [0.2, 0.25) is 0 Å². The molecule has 0 heterocycles. The Kier molecular flexibility index (Phi) is 5.06. The van der Waals surface area contributed by atoms with Gasteiger partial charge in [-0.1, -0.05) is 6.92 Å². The Balaban J connectivity index is 4.02. The number of aliphatic hydroxyl groups is 1. The van der Waals surface area contributed by atoms with E-state index in [1.807, 2.05) is 0 Å². The van der Waals surface area contributed by atoms with Gasteiger partial charge < -0.3 is 15.7 Å². The fourth-order valence-corrected chi connectivity index (χ4v) is 1.08. The van der Waals surface area contributed by atoms with Crippen molar-refractivity contribution in [3.63, 3.8) is 0 Å². The van der Waals surface area contributed by atoms with E-state index in [-0.39, 0.29) is 5.54 Å². The van der Waals surface area contributed by atoms with Crippen molar-refractivity contribution in [2.75, 3.05) is 20.1 Å². The Labute approximate surface area is 88.3 Å². The predicted octanol–water partition coefficient (Wildman–Crippen LogP) is 1.21. The van der Waals surface area contributed by atoms with Gasteiger partial charge >= 0.3 is 0 Å². The second kappa shape index (κ2) is 5.10. The topological polar surface area (TPSA) is 49.5 Å². The summed E-state index contributed by atoms with van der Waals surface area (Å²) in [5.74, 6) is 0. The van der Waals surface area contributed by atoms with Crippen LogP contribution in [0.2, 0.25) is 0 Å². The summed E-state index contributed by atoms with van der Waals surface area (Å²) in [6.45, 7) is 9.60. The molecule has 0 fully saturated rings. The summed E-state index contributed by atoms with van der Waals surface area (Å²) < 4.78 is 0. The number of hydrogen-bond acceptors (Lipinski definition) is 3. The van der Waals surface area contributed by atoms with Crippen molar-refractivity contribution in [1.29, 1.82) is 0 Å². The third-order valence-electron chi connectivity index (χ3n) is 3.32. The van der Waals surface area contributed by atoms with Crippen molar-refractivity contribution in [1.82, 2.24) is 4.90 Å². The first-order chi connectivity index (χ1) is 6.25. The second-order valence-corrected chi connectivity index (χ2v) is 5.04. The molecule has 0 aliphatic rings. The monoisotopic (exact) mass is 202 g/mol. The maximum Gasteiger partial charge on any atom is 0.0753 e. The average Bonchev–Trinajstić information content (AvgIpc) is 2.14. The van der Waals surface area contributed by atoms with Gasteiger partial charge in [-0.15, -0.1) is 0 Å². The van der Waals surface area contributed by atoms with Crippen LogP contribution in [-0.2, 0) is 0 Å². The highest BCUT2D eigenvalue weighted by molar-refractivity contribution is 4.81. The molecule has 0 rings (SSSR count). The summed E-state index contributed by atoms with van der Waals surface area (Å²) in [7, 11) is 2.09. The molecule has 1 atom stereocenters. The van der Waals surface area contributed by atoms with E-state index in [0.29, 0.717) is 6.54 Å². The zero-order valence-corrected chi connectivity index (χ0v) is 10.3. The molecule has 0 bridgehead atoms. The Morgan fingerprint density at radius 2 is 1.79 bits per heavy atom. The molecule has 14 heavy (non-hydrogen) atoms. The molecule has 0 aliphatic carbocycles. The van der Waals surface area contributed by atoms with Crippen LogP contribution in [0.1, 0.15) is 40.5 Å². The van der Waals surface area contributed by atoms with Crippen LogP contribution in [0.5, 0.6) is 0 Å². The van der Waals surface area contributed by atoms with Crippen LogP contribution in [0.25, 0.3) is 0 Å². The highest BCUT2D eigenvalue weighted by Crippen LogP contribution is 2.18. The zero-order valence-electron chi connectivity index (χ0n) is 10.3. The number of rotatable bonds is 6. The van der Waals surface area contributed by atoms with E-state index in [4.69, 9.17) is 5.73 Å². The highest BCUT2D eigenvalue weighted by atomic mass is 16.3. The molecule has 3 heteroatoms. The number of nitrogens with two attached hydrogens (primary N) is 1. The van der Waals surface area contributed by atoms with Gasteiger partial charge in [-0.05, 0) is 40.7 Å². The van der Waals surface area contributed by atoms with Crippen LogP contribution < -0.4 is 5.73 Å². The molecular weight excluding hydrogens is 176 g/mol. The van der Waals surface area contributed by atoms with Crippen molar-refractivity contribution in [2.45, 2.75) is 51.7 Å². The van der Waals surface area contributed by atoms with Crippen molar-refractivity contribution in [3.8, 4) is 0 Å². The number of hydrogen-bond donors (Lipinski definition) is 2. The van der Waals surface area contributed by atoms with Gasteiger partial charge in [0.25, 0.3) is 0 Å². The molecule has 0 saturated carbocycles. The fourth-order valence-electron chi connectivity index (χ4n) is 1.08. The quantitative estimate of drug-likeness (QED) is 0.680. The summed E-state index contributed by atoms with van der Waals surface area (Å²) in [5, 5.41) is 9.76. The SMILES string of the molecule is CCC(C)(C)N(C)CCC(C)(O)CN. The summed E-state index contributed by atoms with van der Waals surface area (Å²) in [4.78, 5) is 2.27. The molecule has 0 radical (unpaired) electrons. The Morgan fingerprint density at radius 1 is 1.29 bits per heavy atom. The number of nitrogens with zero attached hydrogens (tertiary/aromatic N) is 1. The van der Waals surface area contributed by atoms with E-state index < -0.39 is 5.60 Å². The molecule has 86 valence electrons. The molecule has 0 aromatic rings. The summed E-state index contributed by atoms with van der Waals surface area (Å²) in [5.41, 5.74) is 4.94. The van der Waals surface area contributed by atoms with Gasteiger partial charge in [0.15, 0.2) is 0 Å². The van der Waals surface area contributed by atoms with Crippen molar-refractivity contribution >= 4 is 0 Å². The molecule has 3 N–H and O–H groups in total.